The smallest absolute Gasteiger partial charge is 0.332 e. The van der Waals surface area contributed by atoms with Gasteiger partial charge in [-0.05, 0) is 49.7 Å². The Kier molecular flexibility index (Phi) is 9.05. The Labute approximate surface area is 247 Å². The number of halogens is 1. The van der Waals surface area contributed by atoms with E-state index in [4.69, 9.17) is 9.05 Å². The lowest BCUT2D eigenvalue weighted by atomic mass is 10.00. The van der Waals surface area contributed by atoms with Gasteiger partial charge in [0.15, 0.2) is 5.75 Å². The molecule has 0 saturated heterocycles. The molecule has 0 bridgehead atoms. The molecule has 0 aliphatic heterocycles. The van der Waals surface area contributed by atoms with Gasteiger partial charge in [0.2, 0.25) is 5.88 Å². The van der Waals surface area contributed by atoms with E-state index in [1.165, 1.54) is 27.8 Å². The fourth-order valence-corrected chi connectivity index (χ4v) is 6.67. The van der Waals surface area contributed by atoms with Crippen LogP contribution in [0.3, 0.4) is 0 Å². The molecular formula is C31H32FN4O6P. The van der Waals surface area contributed by atoms with Gasteiger partial charge in [-0.2, -0.15) is 0 Å². The largest absolute Gasteiger partial charge is 0.505 e. The van der Waals surface area contributed by atoms with Crippen LogP contribution in [0.4, 0.5) is 4.39 Å². The van der Waals surface area contributed by atoms with E-state index in [0.29, 0.717) is 22.0 Å². The van der Waals surface area contributed by atoms with E-state index in [2.05, 4.69) is 9.97 Å². The second-order valence-electron chi connectivity index (χ2n) is 9.84. The van der Waals surface area contributed by atoms with E-state index in [-0.39, 0.29) is 72.9 Å². The monoisotopic (exact) mass is 606 g/mol. The molecule has 2 N–H and O–H groups in total. The number of hydrogen-bond acceptors (Lipinski definition) is 8. The van der Waals surface area contributed by atoms with Crippen LogP contribution >= 0.6 is 7.60 Å². The molecular weight excluding hydrogens is 574 g/mol. The lowest BCUT2D eigenvalue weighted by Crippen LogP contribution is -2.34. The summed E-state index contributed by atoms with van der Waals surface area (Å²) in [7, 11) is -3.50. The molecule has 0 aliphatic rings. The van der Waals surface area contributed by atoms with Gasteiger partial charge in [0, 0.05) is 35.9 Å². The first-order valence-corrected chi connectivity index (χ1v) is 15.6. The van der Waals surface area contributed by atoms with E-state index in [1.807, 2.05) is 6.07 Å². The summed E-state index contributed by atoms with van der Waals surface area (Å²) >= 11 is 0. The van der Waals surface area contributed by atoms with Gasteiger partial charge in [-0.3, -0.25) is 19.3 Å². The molecule has 0 unspecified atom stereocenters. The first kappa shape index (κ1) is 30.2. The van der Waals surface area contributed by atoms with E-state index >= 15 is 0 Å². The van der Waals surface area contributed by atoms with Crippen molar-refractivity contribution in [1.29, 1.82) is 0 Å². The molecule has 0 saturated carbocycles. The van der Waals surface area contributed by atoms with E-state index in [0.717, 1.165) is 0 Å². The molecule has 5 rings (SSSR count). The van der Waals surface area contributed by atoms with Crippen LogP contribution in [0.15, 0.2) is 73.2 Å². The van der Waals surface area contributed by atoms with Gasteiger partial charge < -0.3 is 28.7 Å². The molecule has 12 heteroatoms. The molecule has 0 fully saturated rings. The number of nitrogens with zero attached hydrogens (tertiary/aromatic N) is 4. The predicted molar refractivity (Wildman–Crippen MR) is 161 cm³/mol. The minimum atomic E-state index is -3.50. The first-order chi connectivity index (χ1) is 20.7. The van der Waals surface area contributed by atoms with Crippen LogP contribution in [0.1, 0.15) is 35.5 Å². The number of rotatable bonds is 12. The Morgan fingerprint density at radius 1 is 0.977 bits per heavy atom. The normalized spacial score (nSPS) is 11.8. The maximum atomic E-state index is 14.5. The van der Waals surface area contributed by atoms with Crippen LogP contribution in [0, 0.1) is 5.82 Å². The fraction of sp³-hybridized carbons (Fsp3) is 0.258. The van der Waals surface area contributed by atoms with Gasteiger partial charge in [-0.1, -0.05) is 24.3 Å². The van der Waals surface area contributed by atoms with Crippen molar-refractivity contribution >= 4 is 35.2 Å². The third-order valence-electron chi connectivity index (χ3n) is 7.00. The van der Waals surface area contributed by atoms with Crippen molar-refractivity contribution in [2.24, 2.45) is 0 Å². The van der Waals surface area contributed by atoms with Gasteiger partial charge in [-0.25, -0.2) is 4.39 Å². The fourth-order valence-electron chi connectivity index (χ4n) is 5.07. The predicted octanol–water partition coefficient (Wildman–Crippen LogP) is 6.09. The summed E-state index contributed by atoms with van der Waals surface area (Å²) in [4.78, 5) is 24.7. The Bertz CT molecular complexity index is 1790. The molecule has 3 aromatic heterocycles. The maximum absolute atomic E-state index is 14.5. The molecule has 0 spiro atoms. The highest BCUT2D eigenvalue weighted by Gasteiger charge is 2.30. The third kappa shape index (κ3) is 6.39. The molecule has 0 radical (unpaired) electrons. The van der Waals surface area contributed by atoms with Gasteiger partial charge >= 0.3 is 7.60 Å². The van der Waals surface area contributed by atoms with Crippen molar-refractivity contribution < 1.29 is 33.0 Å². The topological polar surface area (TPSA) is 127 Å². The molecule has 43 heavy (non-hydrogen) atoms. The summed E-state index contributed by atoms with van der Waals surface area (Å²) < 4.78 is 39.3. The zero-order valence-corrected chi connectivity index (χ0v) is 24.7. The highest BCUT2D eigenvalue weighted by atomic mass is 31.2. The minimum absolute atomic E-state index is 0.0130. The summed E-state index contributed by atoms with van der Waals surface area (Å²) in [5.41, 5.74) is 1.64. The second kappa shape index (κ2) is 12.9. The van der Waals surface area contributed by atoms with Crippen LogP contribution in [0.25, 0.3) is 21.7 Å². The van der Waals surface area contributed by atoms with Crippen molar-refractivity contribution in [3.63, 3.8) is 0 Å². The number of carbonyl (C=O) groups excluding carboxylic acids is 1. The zero-order chi connectivity index (χ0) is 30.6. The quantitative estimate of drug-likeness (QED) is 0.163. The zero-order valence-electron chi connectivity index (χ0n) is 23.8. The summed E-state index contributed by atoms with van der Waals surface area (Å²) in [5.74, 6) is -1.38. The molecule has 224 valence electrons. The average molecular weight is 607 g/mol. The van der Waals surface area contributed by atoms with Gasteiger partial charge in [0.25, 0.3) is 5.91 Å². The number of aromatic hydroxyl groups is 2. The van der Waals surface area contributed by atoms with Crippen LogP contribution in [-0.4, -0.2) is 61.5 Å². The Morgan fingerprint density at radius 3 is 2.37 bits per heavy atom. The SMILES string of the molecule is CCOP(=O)(CCN(Cc1ccccn1)C(=O)c1c2cccnc2c(O)c2c(O)n(Cc3ccc(F)cc3)cc12)OCC. The second-order valence-corrected chi connectivity index (χ2v) is 12.0. The standard InChI is InChI=1S/C31H32FN4O6P/c1-3-41-43(40,42-4-2)17-16-35(19-23-8-5-6-14-33-23)30(38)26-24-9-7-15-34-28(24)29(37)27-25(26)20-36(31(27)39)18-21-10-12-22(32)13-11-21/h5-15,20,37,39H,3-4,16-19H2,1-2H3. The Morgan fingerprint density at radius 2 is 1.70 bits per heavy atom. The highest BCUT2D eigenvalue weighted by Crippen LogP contribution is 2.48. The summed E-state index contributed by atoms with van der Waals surface area (Å²) in [5, 5.41) is 23.2. The Hall–Kier alpha value is -4.31. The number of carbonyl (C=O) groups is 1. The van der Waals surface area contributed by atoms with Gasteiger partial charge in [0.05, 0.1) is 49.1 Å². The number of pyridine rings is 2. The van der Waals surface area contributed by atoms with Gasteiger partial charge in [0.1, 0.15) is 11.3 Å². The molecule has 0 atom stereocenters. The van der Waals surface area contributed by atoms with Crippen LogP contribution in [-0.2, 0) is 26.7 Å². The van der Waals surface area contributed by atoms with Crippen LogP contribution in [0.2, 0.25) is 0 Å². The third-order valence-corrected chi connectivity index (χ3v) is 9.05. The van der Waals surface area contributed by atoms with E-state index < -0.39 is 13.5 Å². The Balaban J connectivity index is 1.64. The van der Waals surface area contributed by atoms with Crippen LogP contribution < -0.4 is 0 Å². The number of aromatic nitrogens is 3. The summed E-state index contributed by atoms with van der Waals surface area (Å²) in [6, 6.07) is 14.5. The average Bonchev–Trinajstić information content (AvgIpc) is 3.32. The molecule has 2 aromatic carbocycles. The first-order valence-electron chi connectivity index (χ1n) is 13.9. The maximum Gasteiger partial charge on any atom is 0.332 e. The number of benzene rings is 2. The summed E-state index contributed by atoms with van der Waals surface area (Å²) in [6.07, 6.45) is 4.63. The highest BCUT2D eigenvalue weighted by molar-refractivity contribution is 7.53. The van der Waals surface area contributed by atoms with Crippen molar-refractivity contribution in [3.05, 3.63) is 95.8 Å². The lowest BCUT2D eigenvalue weighted by Gasteiger charge is -2.26. The molecule has 1 amide bonds. The van der Waals surface area contributed by atoms with Crippen molar-refractivity contribution in [1.82, 2.24) is 19.4 Å². The molecule has 10 nitrogen and oxygen atoms in total. The minimum Gasteiger partial charge on any atom is -0.505 e. The van der Waals surface area contributed by atoms with Crippen molar-refractivity contribution in [2.45, 2.75) is 26.9 Å². The van der Waals surface area contributed by atoms with Crippen molar-refractivity contribution in [3.8, 4) is 11.6 Å². The van der Waals surface area contributed by atoms with Crippen molar-refractivity contribution in [2.75, 3.05) is 25.9 Å². The number of fused-ring (bicyclic) bond motifs is 2. The van der Waals surface area contributed by atoms with Crippen LogP contribution in [0.5, 0.6) is 11.6 Å². The van der Waals surface area contributed by atoms with E-state index in [1.54, 1.807) is 62.6 Å². The van der Waals surface area contributed by atoms with Gasteiger partial charge in [-0.15, -0.1) is 0 Å². The summed E-state index contributed by atoms with van der Waals surface area (Å²) in [6.45, 7) is 4.06. The molecule has 3 heterocycles. The lowest BCUT2D eigenvalue weighted by molar-refractivity contribution is 0.0752. The van der Waals surface area contributed by atoms with E-state index in [9.17, 15) is 24.0 Å². The molecule has 5 aromatic rings. The molecule has 0 aliphatic carbocycles. The number of phenolic OH excluding ortho intramolecular Hbond substituents is 1. The number of hydrogen-bond donors (Lipinski definition) is 2. The number of amides is 1. The number of phenols is 1.